The fourth-order valence-corrected chi connectivity index (χ4v) is 5.83. The van der Waals surface area contributed by atoms with E-state index < -0.39 is 6.04 Å². The number of thiophene rings is 1. The van der Waals surface area contributed by atoms with Crippen molar-refractivity contribution in [3.63, 3.8) is 0 Å². The van der Waals surface area contributed by atoms with Crippen LogP contribution in [0.3, 0.4) is 0 Å². The summed E-state index contributed by atoms with van der Waals surface area (Å²) in [4.78, 5) is 32.3. The molecule has 3 aliphatic carbocycles. The number of amides is 2. The van der Waals surface area contributed by atoms with E-state index >= 15 is 0 Å². The molecular formula is C27H36N4O2S. The van der Waals surface area contributed by atoms with Crippen LogP contribution >= 0.6 is 11.3 Å². The zero-order valence-corrected chi connectivity index (χ0v) is 21.0. The molecule has 2 amide bonds. The van der Waals surface area contributed by atoms with Crippen LogP contribution in [0.1, 0.15) is 102 Å². The average molecular weight is 481 g/mol. The number of anilines is 1. The van der Waals surface area contributed by atoms with Crippen molar-refractivity contribution in [1.29, 1.82) is 0 Å². The zero-order valence-electron chi connectivity index (χ0n) is 20.2. The molecule has 2 aromatic heterocycles. The molecule has 3 fully saturated rings. The minimum absolute atomic E-state index is 0.0203. The Bertz CT molecular complexity index is 1040. The van der Waals surface area contributed by atoms with Crippen LogP contribution in [0.4, 0.5) is 5.69 Å². The lowest BCUT2D eigenvalue weighted by atomic mass is 9.97. The van der Waals surface area contributed by atoms with Crippen LogP contribution in [0.5, 0.6) is 0 Å². The van der Waals surface area contributed by atoms with Gasteiger partial charge in [-0.25, -0.2) is 0 Å². The van der Waals surface area contributed by atoms with Crippen molar-refractivity contribution in [2.45, 2.75) is 95.7 Å². The van der Waals surface area contributed by atoms with Gasteiger partial charge in [0.2, 0.25) is 5.91 Å². The summed E-state index contributed by atoms with van der Waals surface area (Å²) >= 11 is 1.49. The van der Waals surface area contributed by atoms with Gasteiger partial charge in [0, 0.05) is 17.1 Å². The SMILES string of the molecule is Cc1ncc(C2CC2)cc1NC(C)c1ccc(C(=O)NC(CC2CCCC2)C(=O)NC2CC2)s1. The molecule has 3 saturated carbocycles. The van der Waals surface area contributed by atoms with Gasteiger partial charge in [0.15, 0.2) is 0 Å². The van der Waals surface area contributed by atoms with Crippen LogP contribution in [0.2, 0.25) is 0 Å². The van der Waals surface area contributed by atoms with E-state index in [1.54, 1.807) is 0 Å². The lowest BCUT2D eigenvalue weighted by molar-refractivity contribution is -0.123. The standard InChI is InChI=1S/C27H36N4O2S/c1-16-22(14-20(15-28-16)19-7-8-19)29-17(2)24-11-12-25(34-24)27(33)31-23(13-18-5-3-4-6-18)26(32)30-21-9-10-21/h11-12,14-15,17-19,21,23,29H,3-10,13H2,1-2H3,(H,30,32)(H,31,33). The third-order valence-electron chi connectivity index (χ3n) is 7.40. The quantitative estimate of drug-likeness (QED) is 0.422. The summed E-state index contributed by atoms with van der Waals surface area (Å²) in [5.41, 5.74) is 3.36. The molecule has 0 spiro atoms. The molecule has 0 aromatic carbocycles. The third kappa shape index (κ3) is 5.80. The van der Waals surface area contributed by atoms with Crippen molar-refractivity contribution in [1.82, 2.24) is 15.6 Å². The third-order valence-corrected chi connectivity index (χ3v) is 8.66. The predicted octanol–water partition coefficient (Wildman–Crippen LogP) is 5.46. The molecule has 182 valence electrons. The minimum atomic E-state index is -0.448. The summed E-state index contributed by atoms with van der Waals surface area (Å²) in [5.74, 6) is 1.02. The van der Waals surface area contributed by atoms with E-state index in [4.69, 9.17) is 0 Å². The van der Waals surface area contributed by atoms with Crippen LogP contribution in [0.15, 0.2) is 24.4 Å². The highest BCUT2D eigenvalue weighted by Gasteiger charge is 2.31. The lowest BCUT2D eigenvalue weighted by Crippen LogP contribution is -2.48. The van der Waals surface area contributed by atoms with Gasteiger partial charge >= 0.3 is 0 Å². The van der Waals surface area contributed by atoms with Crippen LogP contribution in [-0.2, 0) is 4.79 Å². The lowest BCUT2D eigenvalue weighted by Gasteiger charge is -2.21. The predicted molar refractivity (Wildman–Crippen MR) is 136 cm³/mol. The molecule has 0 saturated heterocycles. The van der Waals surface area contributed by atoms with Gasteiger partial charge in [-0.1, -0.05) is 25.7 Å². The Balaban J connectivity index is 1.22. The molecule has 0 radical (unpaired) electrons. The minimum Gasteiger partial charge on any atom is -0.376 e. The monoisotopic (exact) mass is 480 g/mol. The van der Waals surface area contributed by atoms with Gasteiger partial charge in [0.05, 0.1) is 22.3 Å². The first kappa shape index (κ1) is 23.3. The normalized spacial score (nSPS) is 20.1. The summed E-state index contributed by atoms with van der Waals surface area (Å²) < 4.78 is 0. The second kappa shape index (κ2) is 10.1. The van der Waals surface area contributed by atoms with Gasteiger partial charge in [-0.3, -0.25) is 14.6 Å². The number of carbonyl (C=O) groups excluding carboxylic acids is 2. The van der Waals surface area contributed by atoms with Crippen molar-refractivity contribution in [3.8, 4) is 0 Å². The largest absolute Gasteiger partial charge is 0.376 e. The molecule has 7 heteroatoms. The first-order valence-electron chi connectivity index (χ1n) is 12.9. The van der Waals surface area contributed by atoms with Gasteiger partial charge in [0.1, 0.15) is 6.04 Å². The number of hydrogen-bond acceptors (Lipinski definition) is 5. The molecule has 34 heavy (non-hydrogen) atoms. The summed E-state index contributed by atoms with van der Waals surface area (Å²) in [6, 6.07) is 6.03. The van der Waals surface area contributed by atoms with Crippen LogP contribution in [0, 0.1) is 12.8 Å². The fourth-order valence-electron chi connectivity index (χ4n) is 4.92. The molecule has 0 bridgehead atoms. The van der Waals surface area contributed by atoms with E-state index in [0.29, 0.717) is 22.8 Å². The van der Waals surface area contributed by atoms with E-state index in [1.165, 1.54) is 42.6 Å². The average Bonchev–Trinajstić information content (AvgIpc) is 3.72. The molecule has 6 nitrogen and oxygen atoms in total. The van der Waals surface area contributed by atoms with Crippen LogP contribution < -0.4 is 16.0 Å². The Morgan fingerprint density at radius 2 is 1.88 bits per heavy atom. The van der Waals surface area contributed by atoms with E-state index in [2.05, 4.69) is 33.9 Å². The van der Waals surface area contributed by atoms with E-state index in [9.17, 15) is 9.59 Å². The van der Waals surface area contributed by atoms with Crippen molar-refractivity contribution in [2.24, 2.45) is 5.92 Å². The highest BCUT2D eigenvalue weighted by molar-refractivity contribution is 7.14. The number of aromatic nitrogens is 1. The number of nitrogens with one attached hydrogen (secondary N) is 3. The molecule has 0 aliphatic heterocycles. The molecule has 2 atom stereocenters. The molecule has 3 N–H and O–H groups in total. The second-order valence-corrected chi connectivity index (χ2v) is 11.6. The number of carbonyl (C=O) groups is 2. The number of nitrogens with zero attached hydrogens (tertiary/aromatic N) is 1. The van der Waals surface area contributed by atoms with Crippen molar-refractivity contribution >= 4 is 28.8 Å². The molecule has 2 aromatic rings. The Hall–Kier alpha value is -2.41. The van der Waals surface area contributed by atoms with E-state index in [0.717, 1.165) is 48.4 Å². The van der Waals surface area contributed by atoms with Crippen LogP contribution in [0.25, 0.3) is 0 Å². The summed E-state index contributed by atoms with van der Waals surface area (Å²) in [6.07, 6.45) is 12.1. The van der Waals surface area contributed by atoms with Crippen LogP contribution in [-0.4, -0.2) is 28.9 Å². The van der Waals surface area contributed by atoms with Crippen molar-refractivity contribution in [2.75, 3.05) is 5.32 Å². The molecule has 2 unspecified atom stereocenters. The second-order valence-electron chi connectivity index (χ2n) is 10.4. The maximum atomic E-state index is 13.1. The number of rotatable bonds is 10. The Morgan fingerprint density at radius 1 is 1.12 bits per heavy atom. The highest BCUT2D eigenvalue weighted by Crippen LogP contribution is 2.41. The van der Waals surface area contributed by atoms with Gasteiger partial charge in [-0.05, 0) is 81.5 Å². The Kier molecular flexibility index (Phi) is 6.91. The summed E-state index contributed by atoms with van der Waals surface area (Å²) in [5, 5.41) is 9.74. The zero-order chi connectivity index (χ0) is 23.7. The topological polar surface area (TPSA) is 83.1 Å². The maximum absolute atomic E-state index is 13.1. The van der Waals surface area contributed by atoms with Gasteiger partial charge in [-0.2, -0.15) is 0 Å². The van der Waals surface area contributed by atoms with Crippen molar-refractivity contribution in [3.05, 3.63) is 45.4 Å². The van der Waals surface area contributed by atoms with Gasteiger partial charge in [0.25, 0.3) is 5.91 Å². The first-order chi connectivity index (χ1) is 16.5. The van der Waals surface area contributed by atoms with Gasteiger partial charge < -0.3 is 16.0 Å². The molecule has 3 aliphatic rings. The highest BCUT2D eigenvalue weighted by atomic mass is 32.1. The number of pyridine rings is 1. The molecule has 2 heterocycles. The Labute approximate surface area is 206 Å². The van der Waals surface area contributed by atoms with Crippen molar-refractivity contribution < 1.29 is 9.59 Å². The van der Waals surface area contributed by atoms with Gasteiger partial charge in [-0.15, -0.1) is 11.3 Å². The first-order valence-corrected chi connectivity index (χ1v) is 13.7. The Morgan fingerprint density at radius 3 is 2.59 bits per heavy atom. The summed E-state index contributed by atoms with van der Waals surface area (Å²) in [6.45, 7) is 4.14. The molecular weight excluding hydrogens is 444 g/mol. The molecule has 5 rings (SSSR count). The van der Waals surface area contributed by atoms with E-state index in [-0.39, 0.29) is 17.9 Å². The fraction of sp³-hybridized carbons (Fsp3) is 0.593. The number of aryl methyl sites for hydroxylation is 1. The van der Waals surface area contributed by atoms with E-state index in [1.807, 2.05) is 25.3 Å². The maximum Gasteiger partial charge on any atom is 0.262 e. The smallest absolute Gasteiger partial charge is 0.262 e. The summed E-state index contributed by atoms with van der Waals surface area (Å²) in [7, 11) is 0. The number of hydrogen-bond donors (Lipinski definition) is 3.